The first-order valence-electron chi connectivity index (χ1n) is 5.52. The Kier molecular flexibility index (Phi) is 3.67. The van der Waals surface area contributed by atoms with Crippen molar-refractivity contribution in [2.24, 2.45) is 0 Å². The largest absolute Gasteiger partial charge is 0.389 e. The highest BCUT2D eigenvalue weighted by atomic mass is 16.3. The molecule has 1 atom stereocenters. The van der Waals surface area contributed by atoms with Crippen LogP contribution in [-0.2, 0) is 6.54 Å². The highest BCUT2D eigenvalue weighted by Gasteiger charge is 2.00. The molecule has 0 amide bonds. The molecule has 0 aliphatic heterocycles. The summed E-state index contributed by atoms with van der Waals surface area (Å²) in [5.74, 6) is 0. The smallest absolute Gasteiger partial charge is 0.0777 e. The van der Waals surface area contributed by atoms with Crippen LogP contribution in [0.1, 0.15) is 24.3 Å². The molecule has 1 aromatic heterocycles. The van der Waals surface area contributed by atoms with E-state index in [-0.39, 0.29) is 0 Å². The van der Waals surface area contributed by atoms with E-state index in [4.69, 9.17) is 0 Å². The summed E-state index contributed by atoms with van der Waals surface area (Å²) in [6.07, 6.45) is 4.63. The fraction of sp³-hybridized carbons (Fsp3) is 0.231. The van der Waals surface area contributed by atoms with Crippen LogP contribution < -0.4 is 5.32 Å². The van der Waals surface area contributed by atoms with Gasteiger partial charge < -0.3 is 10.4 Å². The normalized spacial score (nSPS) is 12.1. The molecule has 1 aromatic carbocycles. The van der Waals surface area contributed by atoms with Gasteiger partial charge in [0.2, 0.25) is 0 Å². The minimum atomic E-state index is -0.427. The van der Waals surface area contributed by atoms with Crippen LogP contribution >= 0.6 is 0 Å². The lowest BCUT2D eigenvalue weighted by Crippen LogP contribution is -2.02. The molecule has 0 radical (unpaired) electrons. The van der Waals surface area contributed by atoms with Crippen LogP contribution in [0.5, 0.6) is 0 Å². The maximum atomic E-state index is 9.38. The van der Waals surface area contributed by atoms with Crippen molar-refractivity contribution < 1.29 is 5.11 Å². The van der Waals surface area contributed by atoms with E-state index in [1.165, 1.54) is 0 Å². The Labute approximate surface area is 100 Å². The summed E-state index contributed by atoms with van der Waals surface area (Å²) in [4.78, 5) is 8.17. The van der Waals surface area contributed by atoms with Gasteiger partial charge in [-0.1, -0.05) is 12.1 Å². The van der Waals surface area contributed by atoms with Crippen molar-refractivity contribution in [1.29, 1.82) is 0 Å². The average Bonchev–Trinajstić information content (AvgIpc) is 2.38. The predicted molar refractivity (Wildman–Crippen MR) is 66.4 cm³/mol. The summed E-state index contributed by atoms with van der Waals surface area (Å²) in [7, 11) is 0. The number of nitrogens with one attached hydrogen (secondary N) is 1. The number of hydrogen-bond donors (Lipinski definition) is 2. The molecule has 0 saturated heterocycles. The van der Waals surface area contributed by atoms with Crippen molar-refractivity contribution in [3.63, 3.8) is 0 Å². The third-order valence-electron chi connectivity index (χ3n) is 2.48. The lowest BCUT2D eigenvalue weighted by atomic mass is 10.1. The van der Waals surface area contributed by atoms with Crippen molar-refractivity contribution in [2.45, 2.75) is 19.6 Å². The van der Waals surface area contributed by atoms with E-state index in [0.29, 0.717) is 6.54 Å². The van der Waals surface area contributed by atoms with Gasteiger partial charge in [0.05, 0.1) is 24.5 Å². The Morgan fingerprint density at radius 1 is 1.24 bits per heavy atom. The number of rotatable bonds is 4. The molecule has 2 aromatic rings. The second-order valence-corrected chi connectivity index (χ2v) is 3.85. The molecule has 0 aliphatic rings. The van der Waals surface area contributed by atoms with Crippen molar-refractivity contribution in [3.05, 3.63) is 54.1 Å². The third-order valence-corrected chi connectivity index (χ3v) is 2.48. The SMILES string of the molecule is CC(O)c1ccc(NCc2cnccn2)cc1. The molecule has 0 fully saturated rings. The predicted octanol–water partition coefficient (Wildman–Crippen LogP) is 2.14. The van der Waals surface area contributed by atoms with Gasteiger partial charge in [-0.05, 0) is 24.6 Å². The van der Waals surface area contributed by atoms with Crippen LogP contribution in [-0.4, -0.2) is 15.1 Å². The van der Waals surface area contributed by atoms with Gasteiger partial charge in [0.1, 0.15) is 0 Å². The summed E-state index contributed by atoms with van der Waals surface area (Å²) >= 11 is 0. The molecule has 17 heavy (non-hydrogen) atoms. The maximum absolute atomic E-state index is 9.38. The van der Waals surface area contributed by atoms with Crippen LogP contribution in [0.25, 0.3) is 0 Å². The number of aromatic nitrogens is 2. The summed E-state index contributed by atoms with van der Waals surface area (Å²) in [5, 5.41) is 12.6. The van der Waals surface area contributed by atoms with Gasteiger partial charge in [-0.2, -0.15) is 0 Å². The van der Waals surface area contributed by atoms with Crippen molar-refractivity contribution >= 4 is 5.69 Å². The van der Waals surface area contributed by atoms with E-state index in [2.05, 4.69) is 15.3 Å². The monoisotopic (exact) mass is 229 g/mol. The molecule has 88 valence electrons. The zero-order chi connectivity index (χ0) is 12.1. The second kappa shape index (κ2) is 5.41. The fourth-order valence-electron chi connectivity index (χ4n) is 1.49. The van der Waals surface area contributed by atoms with E-state index < -0.39 is 6.10 Å². The van der Waals surface area contributed by atoms with E-state index in [9.17, 15) is 5.11 Å². The molecule has 1 heterocycles. The van der Waals surface area contributed by atoms with Gasteiger partial charge in [0.15, 0.2) is 0 Å². The molecular formula is C13H15N3O. The number of aliphatic hydroxyl groups is 1. The van der Waals surface area contributed by atoms with Gasteiger partial charge in [-0.15, -0.1) is 0 Å². The topological polar surface area (TPSA) is 58.0 Å². The summed E-state index contributed by atoms with van der Waals surface area (Å²) < 4.78 is 0. The standard InChI is InChI=1S/C13H15N3O/c1-10(17)11-2-4-12(5-3-11)16-9-13-8-14-6-7-15-13/h2-8,10,16-17H,9H2,1H3. The highest BCUT2D eigenvalue weighted by molar-refractivity contribution is 5.45. The van der Waals surface area contributed by atoms with Crippen LogP contribution in [0.15, 0.2) is 42.9 Å². The first kappa shape index (κ1) is 11.5. The summed E-state index contributed by atoms with van der Waals surface area (Å²) in [5.41, 5.74) is 2.81. The highest BCUT2D eigenvalue weighted by Crippen LogP contribution is 2.15. The Bertz CT molecular complexity index is 454. The molecule has 0 spiro atoms. The first-order valence-corrected chi connectivity index (χ1v) is 5.52. The maximum Gasteiger partial charge on any atom is 0.0777 e. The Balaban J connectivity index is 1.96. The Hall–Kier alpha value is -1.94. The van der Waals surface area contributed by atoms with Gasteiger partial charge in [-0.25, -0.2) is 0 Å². The molecule has 2 rings (SSSR count). The molecule has 1 unspecified atom stereocenters. The molecule has 4 heteroatoms. The average molecular weight is 229 g/mol. The minimum absolute atomic E-state index is 0.427. The van der Waals surface area contributed by atoms with Gasteiger partial charge in [0, 0.05) is 18.1 Å². The van der Waals surface area contributed by atoms with E-state index in [0.717, 1.165) is 16.9 Å². The van der Waals surface area contributed by atoms with Crippen molar-refractivity contribution in [2.75, 3.05) is 5.32 Å². The lowest BCUT2D eigenvalue weighted by molar-refractivity contribution is 0.199. The molecule has 0 bridgehead atoms. The van der Waals surface area contributed by atoms with Gasteiger partial charge in [0.25, 0.3) is 0 Å². The van der Waals surface area contributed by atoms with E-state index >= 15 is 0 Å². The molecule has 0 aliphatic carbocycles. The van der Waals surface area contributed by atoms with Crippen LogP contribution in [0.4, 0.5) is 5.69 Å². The number of anilines is 1. The molecular weight excluding hydrogens is 214 g/mol. The Morgan fingerprint density at radius 3 is 2.59 bits per heavy atom. The van der Waals surface area contributed by atoms with E-state index in [1.54, 1.807) is 25.5 Å². The summed E-state index contributed by atoms with van der Waals surface area (Å²) in [6.45, 7) is 2.39. The van der Waals surface area contributed by atoms with Crippen LogP contribution in [0, 0.1) is 0 Å². The quantitative estimate of drug-likeness (QED) is 0.843. The van der Waals surface area contributed by atoms with Gasteiger partial charge in [-0.3, -0.25) is 9.97 Å². The third kappa shape index (κ3) is 3.26. The summed E-state index contributed by atoms with van der Waals surface area (Å²) in [6, 6.07) is 7.70. The van der Waals surface area contributed by atoms with Crippen LogP contribution in [0.2, 0.25) is 0 Å². The fourth-order valence-corrected chi connectivity index (χ4v) is 1.49. The zero-order valence-electron chi connectivity index (χ0n) is 9.67. The number of nitrogens with zero attached hydrogens (tertiary/aromatic N) is 2. The zero-order valence-corrected chi connectivity index (χ0v) is 9.67. The van der Waals surface area contributed by atoms with Gasteiger partial charge >= 0.3 is 0 Å². The van der Waals surface area contributed by atoms with Crippen molar-refractivity contribution in [1.82, 2.24) is 9.97 Å². The number of aliphatic hydroxyl groups excluding tert-OH is 1. The lowest BCUT2D eigenvalue weighted by Gasteiger charge is -2.08. The Morgan fingerprint density at radius 2 is 2.00 bits per heavy atom. The molecule has 4 nitrogen and oxygen atoms in total. The number of benzene rings is 1. The van der Waals surface area contributed by atoms with E-state index in [1.807, 2.05) is 24.3 Å². The van der Waals surface area contributed by atoms with Crippen molar-refractivity contribution in [3.8, 4) is 0 Å². The second-order valence-electron chi connectivity index (χ2n) is 3.85. The molecule has 2 N–H and O–H groups in total. The minimum Gasteiger partial charge on any atom is -0.389 e. The first-order chi connectivity index (χ1) is 8.25. The van der Waals surface area contributed by atoms with Crippen LogP contribution in [0.3, 0.4) is 0 Å². The number of hydrogen-bond acceptors (Lipinski definition) is 4. The molecule has 0 saturated carbocycles.